The number of rotatable bonds is 11. The summed E-state index contributed by atoms with van der Waals surface area (Å²) in [6, 6.07) is 0. The van der Waals surface area contributed by atoms with Gasteiger partial charge in [0.05, 0.1) is 0 Å². The predicted molar refractivity (Wildman–Crippen MR) is 95.6 cm³/mol. The highest BCUT2D eigenvalue weighted by Gasteiger charge is 2.57. The minimum atomic E-state index is -4.85. The van der Waals surface area contributed by atoms with Crippen molar-refractivity contribution in [3.63, 3.8) is 0 Å². The Morgan fingerprint density at radius 2 is 1.92 bits per heavy atom. The Morgan fingerprint density at radius 3 is 2.50 bits per heavy atom. The molecule has 0 radical (unpaired) electrons. The molecule has 9 heteroatoms. The van der Waals surface area contributed by atoms with Crippen LogP contribution in [-0.2, 0) is 12.6 Å². The molecule has 0 saturated heterocycles. The standard InChI is InChI=1S/C17H30F3N5O/c1-3-4-5-6-7-8-10-23-15(21)24-11-9-16(26,17(18,19)20)14-22-12-13-25(14)2/h12-13,26H,3-11H2,1-2H3,(H3,21,23,24). The van der Waals surface area contributed by atoms with Crippen molar-refractivity contribution in [2.45, 2.75) is 63.6 Å². The van der Waals surface area contributed by atoms with E-state index < -0.39 is 24.0 Å². The second-order valence-corrected chi connectivity index (χ2v) is 6.43. The second-order valence-electron chi connectivity index (χ2n) is 6.43. The quantitative estimate of drug-likeness (QED) is 0.314. The van der Waals surface area contributed by atoms with Crippen molar-refractivity contribution in [1.82, 2.24) is 14.9 Å². The molecule has 1 rings (SSSR count). The number of aryl methyl sites for hydroxylation is 1. The number of unbranched alkanes of at least 4 members (excludes halogenated alkanes) is 5. The number of alkyl halides is 3. The van der Waals surface area contributed by atoms with Crippen molar-refractivity contribution < 1.29 is 18.3 Å². The Morgan fingerprint density at radius 1 is 1.27 bits per heavy atom. The summed E-state index contributed by atoms with van der Waals surface area (Å²) in [6.07, 6.45) is 3.84. The number of aliphatic imine (C=N–C) groups is 1. The molecule has 0 aliphatic rings. The zero-order chi connectivity index (χ0) is 19.6. The number of nitrogens with zero attached hydrogens (tertiary/aromatic N) is 3. The van der Waals surface area contributed by atoms with Gasteiger partial charge in [0.1, 0.15) is 5.82 Å². The Kier molecular flexibility index (Phi) is 8.91. The predicted octanol–water partition coefficient (Wildman–Crippen LogP) is 2.82. The summed E-state index contributed by atoms with van der Waals surface area (Å²) in [5.41, 5.74) is 2.63. The van der Waals surface area contributed by atoms with Gasteiger partial charge in [-0.15, -0.1) is 0 Å². The molecule has 0 saturated carbocycles. The minimum absolute atomic E-state index is 0.0860. The molecule has 0 bridgehead atoms. The van der Waals surface area contributed by atoms with Crippen LogP contribution in [0, 0.1) is 0 Å². The smallest absolute Gasteiger partial charge is 0.374 e. The molecular weight excluding hydrogens is 347 g/mol. The maximum atomic E-state index is 13.4. The summed E-state index contributed by atoms with van der Waals surface area (Å²) in [5.74, 6) is -0.364. The first-order valence-electron chi connectivity index (χ1n) is 9.03. The van der Waals surface area contributed by atoms with E-state index in [4.69, 9.17) is 5.73 Å². The lowest BCUT2D eigenvalue weighted by atomic mass is 9.97. The van der Waals surface area contributed by atoms with Gasteiger partial charge in [0.15, 0.2) is 5.96 Å². The highest BCUT2D eigenvalue weighted by molar-refractivity contribution is 5.77. The van der Waals surface area contributed by atoms with Gasteiger partial charge in [-0.2, -0.15) is 13.2 Å². The van der Waals surface area contributed by atoms with E-state index in [-0.39, 0.29) is 12.5 Å². The summed E-state index contributed by atoms with van der Waals surface area (Å²) >= 11 is 0. The molecule has 0 amide bonds. The molecule has 0 spiro atoms. The molecule has 6 nitrogen and oxygen atoms in total. The maximum absolute atomic E-state index is 13.4. The van der Waals surface area contributed by atoms with Crippen molar-refractivity contribution in [3.05, 3.63) is 18.2 Å². The molecule has 4 N–H and O–H groups in total. The normalized spacial score (nSPS) is 15.1. The zero-order valence-corrected chi connectivity index (χ0v) is 15.5. The van der Waals surface area contributed by atoms with E-state index in [1.165, 1.54) is 38.7 Å². The number of guanidine groups is 1. The molecule has 0 fully saturated rings. The monoisotopic (exact) mass is 377 g/mol. The molecule has 1 atom stereocenters. The highest BCUT2D eigenvalue weighted by Crippen LogP contribution is 2.40. The summed E-state index contributed by atoms with van der Waals surface area (Å²) in [7, 11) is 1.41. The van der Waals surface area contributed by atoms with Crippen molar-refractivity contribution in [1.29, 1.82) is 0 Å². The third-order valence-electron chi connectivity index (χ3n) is 4.25. The molecule has 26 heavy (non-hydrogen) atoms. The summed E-state index contributed by atoms with van der Waals surface area (Å²) in [5, 5.41) is 12.8. The van der Waals surface area contributed by atoms with Crippen LogP contribution < -0.4 is 11.1 Å². The largest absolute Gasteiger partial charge is 0.424 e. The molecule has 0 aromatic carbocycles. The first-order chi connectivity index (χ1) is 12.2. The van der Waals surface area contributed by atoms with Crippen LogP contribution in [0.1, 0.15) is 57.7 Å². The van der Waals surface area contributed by atoms with Gasteiger partial charge in [-0.1, -0.05) is 39.0 Å². The van der Waals surface area contributed by atoms with Crippen LogP contribution in [0.15, 0.2) is 17.4 Å². The number of halogens is 3. The van der Waals surface area contributed by atoms with Crippen molar-refractivity contribution in [2.24, 2.45) is 17.8 Å². The first kappa shape index (κ1) is 22.3. The van der Waals surface area contributed by atoms with Crippen LogP contribution in [0.2, 0.25) is 0 Å². The van der Waals surface area contributed by atoms with Gasteiger partial charge in [0.25, 0.3) is 0 Å². The third-order valence-corrected chi connectivity index (χ3v) is 4.25. The van der Waals surface area contributed by atoms with Crippen molar-refractivity contribution >= 4 is 5.96 Å². The number of nitrogens with one attached hydrogen (secondary N) is 1. The number of nitrogens with two attached hydrogens (primary N) is 1. The lowest BCUT2D eigenvalue weighted by Crippen LogP contribution is -2.47. The molecule has 0 aliphatic carbocycles. The van der Waals surface area contributed by atoms with E-state index in [0.29, 0.717) is 6.54 Å². The lowest BCUT2D eigenvalue weighted by molar-refractivity contribution is -0.272. The van der Waals surface area contributed by atoms with Crippen LogP contribution in [0.5, 0.6) is 0 Å². The highest BCUT2D eigenvalue weighted by atomic mass is 19.4. The molecule has 1 aromatic rings. The zero-order valence-electron chi connectivity index (χ0n) is 15.5. The Labute approximate surface area is 152 Å². The van der Waals surface area contributed by atoms with Crippen LogP contribution in [-0.4, -0.2) is 39.9 Å². The van der Waals surface area contributed by atoms with Gasteiger partial charge >= 0.3 is 6.18 Å². The Bertz CT molecular complexity index is 559. The fourth-order valence-electron chi connectivity index (χ4n) is 2.66. The Hall–Kier alpha value is -1.77. The van der Waals surface area contributed by atoms with Gasteiger partial charge in [-0.05, 0) is 6.42 Å². The molecule has 1 unspecified atom stereocenters. The SMILES string of the molecule is CCCCCCCCN=C(N)NCCC(O)(c1nccn1C)C(F)(F)F. The third kappa shape index (κ3) is 6.51. The average Bonchev–Trinajstić information content (AvgIpc) is 2.99. The summed E-state index contributed by atoms with van der Waals surface area (Å²) in [6.45, 7) is 2.52. The lowest BCUT2D eigenvalue weighted by Gasteiger charge is -2.30. The van der Waals surface area contributed by atoms with E-state index in [1.807, 2.05) is 0 Å². The number of aromatic nitrogens is 2. The molecule has 150 valence electrons. The van der Waals surface area contributed by atoms with Gasteiger partial charge < -0.3 is 20.7 Å². The topological polar surface area (TPSA) is 88.5 Å². The fraction of sp³-hybridized carbons (Fsp3) is 0.765. The van der Waals surface area contributed by atoms with Gasteiger partial charge in [-0.3, -0.25) is 4.99 Å². The number of hydrogen-bond acceptors (Lipinski definition) is 3. The fourth-order valence-corrected chi connectivity index (χ4v) is 2.66. The minimum Gasteiger partial charge on any atom is -0.374 e. The van der Waals surface area contributed by atoms with Crippen molar-refractivity contribution in [2.75, 3.05) is 13.1 Å². The van der Waals surface area contributed by atoms with Crippen LogP contribution >= 0.6 is 0 Å². The number of imidazole rings is 1. The van der Waals surface area contributed by atoms with E-state index in [1.54, 1.807) is 0 Å². The molecule has 1 aromatic heterocycles. The van der Waals surface area contributed by atoms with Crippen LogP contribution in [0.3, 0.4) is 0 Å². The van der Waals surface area contributed by atoms with E-state index in [2.05, 4.69) is 22.2 Å². The first-order valence-corrected chi connectivity index (χ1v) is 9.03. The number of aliphatic hydroxyl groups is 1. The maximum Gasteiger partial charge on any atom is 0.424 e. The van der Waals surface area contributed by atoms with Crippen molar-refractivity contribution in [3.8, 4) is 0 Å². The summed E-state index contributed by atoms with van der Waals surface area (Å²) in [4.78, 5) is 7.75. The Balaban J connectivity index is 2.45. The second kappa shape index (κ2) is 10.4. The number of hydrogen-bond donors (Lipinski definition) is 3. The molecule has 1 heterocycles. The van der Waals surface area contributed by atoms with E-state index >= 15 is 0 Å². The average molecular weight is 377 g/mol. The van der Waals surface area contributed by atoms with Gasteiger partial charge in [-0.25, -0.2) is 4.98 Å². The van der Waals surface area contributed by atoms with Crippen LogP contribution in [0.4, 0.5) is 13.2 Å². The molecular formula is C17H30F3N5O. The van der Waals surface area contributed by atoms with Crippen LogP contribution in [0.25, 0.3) is 0 Å². The van der Waals surface area contributed by atoms with E-state index in [0.717, 1.165) is 23.8 Å². The summed E-state index contributed by atoms with van der Waals surface area (Å²) < 4.78 is 41.2. The van der Waals surface area contributed by atoms with Gasteiger partial charge in [0.2, 0.25) is 5.60 Å². The molecule has 0 aliphatic heterocycles. The van der Waals surface area contributed by atoms with Gasteiger partial charge in [0, 0.05) is 39.0 Å². The van der Waals surface area contributed by atoms with E-state index in [9.17, 15) is 18.3 Å².